The molecule has 0 aliphatic carbocycles. The van der Waals surface area contributed by atoms with Crippen LogP contribution in [-0.2, 0) is 0 Å². The number of aromatic nitrogens is 2. The average Bonchev–Trinajstić information content (AvgIpc) is 3.12. The summed E-state index contributed by atoms with van der Waals surface area (Å²) >= 11 is 6.04. The molecule has 0 spiro atoms. The van der Waals surface area contributed by atoms with Crippen molar-refractivity contribution in [1.82, 2.24) is 10.2 Å². The Hall–Kier alpha value is -2.06. The Bertz CT molecular complexity index is 715. The summed E-state index contributed by atoms with van der Waals surface area (Å²) in [5.41, 5.74) is 4.99. The van der Waals surface area contributed by atoms with Crippen molar-refractivity contribution in [1.29, 1.82) is 0 Å². The van der Waals surface area contributed by atoms with Crippen LogP contribution in [0.1, 0.15) is 43.2 Å². The van der Waals surface area contributed by atoms with Crippen LogP contribution >= 0.6 is 11.6 Å². The quantitative estimate of drug-likeness (QED) is 0.587. The zero-order chi connectivity index (χ0) is 16.1. The van der Waals surface area contributed by atoms with Crippen molar-refractivity contribution in [2.24, 2.45) is 0 Å². The molecule has 0 radical (unpaired) electrons. The summed E-state index contributed by atoms with van der Waals surface area (Å²) in [5.74, 6) is 0.422. The van der Waals surface area contributed by atoms with Gasteiger partial charge in [-0.05, 0) is 35.2 Å². The highest BCUT2D eigenvalue weighted by Crippen LogP contribution is 2.32. The lowest BCUT2D eigenvalue weighted by molar-refractivity contribution is 0.650. The van der Waals surface area contributed by atoms with Gasteiger partial charge < -0.3 is 0 Å². The Balaban J connectivity index is 1.88. The highest BCUT2D eigenvalue weighted by molar-refractivity contribution is 6.30. The Morgan fingerprint density at radius 2 is 1.61 bits per heavy atom. The molecule has 0 bridgehead atoms. The van der Waals surface area contributed by atoms with Gasteiger partial charge in [0.1, 0.15) is 0 Å². The molecule has 1 N–H and O–H groups in total. The number of hydrogen-bond donors (Lipinski definition) is 1. The molecule has 1 aromatic heterocycles. The van der Waals surface area contributed by atoms with Crippen molar-refractivity contribution < 1.29 is 0 Å². The van der Waals surface area contributed by atoms with Gasteiger partial charge in [0, 0.05) is 22.7 Å². The third-order valence-electron chi connectivity index (χ3n) is 4.26. The predicted octanol–water partition coefficient (Wildman–Crippen LogP) is 6.05. The number of halogens is 1. The van der Waals surface area contributed by atoms with Crippen molar-refractivity contribution >= 4 is 11.6 Å². The summed E-state index contributed by atoms with van der Waals surface area (Å²) in [6.07, 6.45) is 7.35. The molecule has 23 heavy (non-hydrogen) atoms. The van der Waals surface area contributed by atoms with Crippen LogP contribution in [0.4, 0.5) is 0 Å². The molecular formula is C20H21ClN2. The molecule has 1 unspecified atom stereocenters. The van der Waals surface area contributed by atoms with Gasteiger partial charge in [0.25, 0.3) is 0 Å². The van der Waals surface area contributed by atoms with Crippen LogP contribution in [-0.4, -0.2) is 10.2 Å². The molecule has 1 heterocycles. The van der Waals surface area contributed by atoms with Crippen molar-refractivity contribution in [3.05, 3.63) is 77.1 Å². The summed E-state index contributed by atoms with van der Waals surface area (Å²) < 4.78 is 0. The second kappa shape index (κ2) is 7.47. The number of nitrogens with one attached hydrogen (secondary N) is 1. The van der Waals surface area contributed by atoms with E-state index in [1.807, 2.05) is 24.5 Å². The summed E-state index contributed by atoms with van der Waals surface area (Å²) in [6, 6.07) is 17.1. The number of rotatable bonds is 6. The first kappa shape index (κ1) is 15.8. The molecule has 3 aromatic rings. The van der Waals surface area contributed by atoms with E-state index in [4.69, 9.17) is 11.6 Å². The first-order valence-electron chi connectivity index (χ1n) is 8.12. The van der Waals surface area contributed by atoms with Crippen LogP contribution in [0, 0.1) is 0 Å². The summed E-state index contributed by atoms with van der Waals surface area (Å²) in [4.78, 5) is 0. The summed E-state index contributed by atoms with van der Waals surface area (Å²) in [5, 5.41) is 7.67. The molecule has 118 valence electrons. The van der Waals surface area contributed by atoms with E-state index in [1.165, 1.54) is 29.5 Å². The van der Waals surface area contributed by atoms with E-state index < -0.39 is 0 Å². The van der Waals surface area contributed by atoms with Crippen LogP contribution in [0.5, 0.6) is 0 Å². The summed E-state index contributed by atoms with van der Waals surface area (Å²) in [7, 11) is 0. The topological polar surface area (TPSA) is 28.7 Å². The van der Waals surface area contributed by atoms with Gasteiger partial charge in [-0.15, -0.1) is 0 Å². The van der Waals surface area contributed by atoms with Crippen molar-refractivity contribution in [2.75, 3.05) is 0 Å². The smallest absolute Gasteiger partial charge is 0.0565 e. The standard InChI is InChI=1S/C20H21ClN2/c1-2-3-4-20(17-9-11-19(21)12-10-17)16-7-5-15(6-8-16)18-13-22-23-14-18/h5-14,20H,2-4H2,1H3,(H,22,23). The molecule has 2 aromatic carbocycles. The number of hydrogen-bond acceptors (Lipinski definition) is 1. The SMILES string of the molecule is CCCCC(c1ccc(Cl)cc1)c1ccc(-c2cn[nH]c2)cc1. The van der Waals surface area contributed by atoms with E-state index in [9.17, 15) is 0 Å². The molecule has 3 rings (SSSR count). The second-order valence-electron chi connectivity index (χ2n) is 5.86. The third kappa shape index (κ3) is 3.83. The van der Waals surface area contributed by atoms with Gasteiger partial charge in [0.05, 0.1) is 6.20 Å². The third-order valence-corrected chi connectivity index (χ3v) is 4.52. The van der Waals surface area contributed by atoms with E-state index in [0.717, 1.165) is 17.0 Å². The number of unbranched alkanes of at least 4 members (excludes halogenated alkanes) is 1. The highest BCUT2D eigenvalue weighted by Gasteiger charge is 2.14. The maximum absolute atomic E-state index is 6.04. The highest BCUT2D eigenvalue weighted by atomic mass is 35.5. The lowest BCUT2D eigenvalue weighted by Crippen LogP contribution is -2.01. The number of nitrogens with zero attached hydrogens (tertiary/aromatic N) is 1. The largest absolute Gasteiger partial charge is 0.285 e. The zero-order valence-corrected chi connectivity index (χ0v) is 14.1. The number of aromatic amines is 1. The van der Waals surface area contributed by atoms with Gasteiger partial charge in [-0.1, -0.05) is 67.8 Å². The van der Waals surface area contributed by atoms with Gasteiger partial charge in [-0.2, -0.15) is 5.10 Å². The zero-order valence-electron chi connectivity index (χ0n) is 13.3. The average molecular weight is 325 g/mol. The van der Waals surface area contributed by atoms with Crippen LogP contribution < -0.4 is 0 Å². The van der Waals surface area contributed by atoms with E-state index in [1.54, 1.807) is 0 Å². The molecule has 0 aliphatic rings. The summed E-state index contributed by atoms with van der Waals surface area (Å²) in [6.45, 7) is 2.24. The van der Waals surface area contributed by atoms with Crippen molar-refractivity contribution in [3.8, 4) is 11.1 Å². The minimum absolute atomic E-state index is 0.422. The fraction of sp³-hybridized carbons (Fsp3) is 0.250. The fourth-order valence-electron chi connectivity index (χ4n) is 2.95. The van der Waals surface area contributed by atoms with Crippen molar-refractivity contribution in [3.63, 3.8) is 0 Å². The lowest BCUT2D eigenvalue weighted by atomic mass is 9.86. The lowest BCUT2D eigenvalue weighted by Gasteiger charge is -2.18. The van der Waals surface area contributed by atoms with E-state index >= 15 is 0 Å². The van der Waals surface area contributed by atoms with E-state index in [-0.39, 0.29) is 0 Å². The Kier molecular flexibility index (Phi) is 5.14. The monoisotopic (exact) mass is 324 g/mol. The van der Waals surface area contributed by atoms with E-state index in [0.29, 0.717) is 5.92 Å². The molecule has 0 amide bonds. The van der Waals surface area contributed by atoms with Crippen LogP contribution in [0.2, 0.25) is 5.02 Å². The van der Waals surface area contributed by atoms with Crippen LogP contribution in [0.25, 0.3) is 11.1 Å². The minimum Gasteiger partial charge on any atom is -0.285 e. The fourth-order valence-corrected chi connectivity index (χ4v) is 3.07. The molecular weight excluding hydrogens is 304 g/mol. The molecule has 1 atom stereocenters. The second-order valence-corrected chi connectivity index (χ2v) is 6.29. The maximum atomic E-state index is 6.04. The Morgan fingerprint density at radius 3 is 2.17 bits per heavy atom. The Morgan fingerprint density at radius 1 is 0.957 bits per heavy atom. The molecule has 2 nitrogen and oxygen atoms in total. The van der Waals surface area contributed by atoms with Gasteiger partial charge in [-0.25, -0.2) is 0 Å². The molecule has 3 heteroatoms. The first-order valence-corrected chi connectivity index (χ1v) is 8.50. The van der Waals surface area contributed by atoms with Gasteiger partial charge in [0.2, 0.25) is 0 Å². The normalized spacial score (nSPS) is 12.3. The first-order chi connectivity index (χ1) is 11.3. The molecule has 0 fully saturated rings. The number of benzene rings is 2. The molecule has 0 saturated heterocycles. The number of H-pyrrole nitrogens is 1. The minimum atomic E-state index is 0.422. The molecule has 0 saturated carbocycles. The predicted molar refractivity (Wildman–Crippen MR) is 96.8 cm³/mol. The molecule has 0 aliphatic heterocycles. The van der Waals surface area contributed by atoms with Crippen LogP contribution in [0.3, 0.4) is 0 Å². The van der Waals surface area contributed by atoms with Crippen molar-refractivity contribution in [2.45, 2.75) is 32.1 Å². The van der Waals surface area contributed by atoms with E-state index in [2.05, 4.69) is 53.5 Å². The van der Waals surface area contributed by atoms with Gasteiger partial charge >= 0.3 is 0 Å². The Labute approximate surface area is 142 Å². The van der Waals surface area contributed by atoms with Gasteiger partial charge in [-0.3, -0.25) is 5.10 Å². The van der Waals surface area contributed by atoms with Crippen LogP contribution in [0.15, 0.2) is 60.9 Å². The maximum Gasteiger partial charge on any atom is 0.0565 e. The van der Waals surface area contributed by atoms with Gasteiger partial charge in [0.15, 0.2) is 0 Å².